The molecule has 2 unspecified atom stereocenters. The summed E-state index contributed by atoms with van der Waals surface area (Å²) in [4.78, 5) is 15.1. The van der Waals surface area contributed by atoms with Crippen molar-refractivity contribution in [2.75, 3.05) is 0 Å². The molecule has 0 radical (unpaired) electrons. The van der Waals surface area contributed by atoms with Crippen molar-refractivity contribution < 1.29 is 27.5 Å². The van der Waals surface area contributed by atoms with Gasteiger partial charge in [0.1, 0.15) is 5.82 Å². The predicted molar refractivity (Wildman–Crippen MR) is 158 cm³/mol. The van der Waals surface area contributed by atoms with Gasteiger partial charge < -0.3 is 10.4 Å². The molecule has 0 aromatic heterocycles. The van der Waals surface area contributed by atoms with Crippen molar-refractivity contribution in [2.24, 2.45) is 0 Å². The molecule has 0 heterocycles. The number of amides is 1. The standard InChI is InChI=1S/C34H27F4NO2S/c35-27-18-14-24(15-19-27)32(40)30(20-22-10-16-26(17-11-22)34(36,37)38)39-33(41)31-25(21-42-28-7-2-1-3-8-28)13-12-23-6-4-5-9-29(23)31/h1-19,30,32,40H,20-21H2,(H,39,41). The molecule has 0 aliphatic rings. The Hall–Kier alpha value is -4.14. The normalized spacial score (nSPS) is 13.1. The van der Waals surface area contributed by atoms with E-state index >= 15 is 0 Å². The molecule has 214 valence electrons. The van der Waals surface area contributed by atoms with Crippen molar-refractivity contribution >= 4 is 28.4 Å². The monoisotopic (exact) mass is 589 g/mol. The number of carbonyl (C=O) groups is 1. The van der Waals surface area contributed by atoms with Crippen LogP contribution < -0.4 is 5.32 Å². The average molecular weight is 590 g/mol. The minimum Gasteiger partial charge on any atom is -0.386 e. The molecule has 3 nitrogen and oxygen atoms in total. The van der Waals surface area contributed by atoms with Crippen molar-refractivity contribution in [3.8, 4) is 0 Å². The highest BCUT2D eigenvalue weighted by atomic mass is 32.2. The Bertz CT molecular complexity index is 1660. The number of rotatable bonds is 9. The second-order valence-electron chi connectivity index (χ2n) is 9.90. The van der Waals surface area contributed by atoms with Crippen LogP contribution in [-0.2, 0) is 18.3 Å². The van der Waals surface area contributed by atoms with Gasteiger partial charge >= 0.3 is 6.18 Å². The van der Waals surface area contributed by atoms with Crippen LogP contribution in [-0.4, -0.2) is 17.1 Å². The number of aliphatic hydroxyl groups is 1. The Labute approximate surface area is 245 Å². The molecule has 0 saturated carbocycles. The molecule has 0 aliphatic heterocycles. The Morgan fingerprint density at radius 2 is 1.48 bits per heavy atom. The van der Waals surface area contributed by atoms with Gasteiger partial charge in [-0.3, -0.25) is 4.79 Å². The zero-order chi connectivity index (χ0) is 29.7. The van der Waals surface area contributed by atoms with Crippen molar-refractivity contribution in [3.63, 3.8) is 0 Å². The fourth-order valence-corrected chi connectivity index (χ4v) is 5.75. The van der Waals surface area contributed by atoms with Crippen LogP contribution in [0, 0.1) is 5.82 Å². The van der Waals surface area contributed by atoms with Gasteiger partial charge in [-0.25, -0.2) is 4.39 Å². The molecule has 5 aromatic carbocycles. The van der Waals surface area contributed by atoms with E-state index in [-0.39, 0.29) is 6.42 Å². The van der Waals surface area contributed by atoms with E-state index in [0.29, 0.717) is 22.4 Å². The van der Waals surface area contributed by atoms with E-state index in [2.05, 4.69) is 5.32 Å². The zero-order valence-corrected chi connectivity index (χ0v) is 23.1. The topological polar surface area (TPSA) is 49.3 Å². The highest BCUT2D eigenvalue weighted by Crippen LogP contribution is 2.31. The number of hydrogen-bond donors (Lipinski definition) is 2. The Kier molecular flexibility index (Phi) is 8.94. The van der Waals surface area contributed by atoms with Crippen LogP contribution in [0.15, 0.2) is 120 Å². The van der Waals surface area contributed by atoms with E-state index < -0.39 is 35.6 Å². The largest absolute Gasteiger partial charge is 0.416 e. The van der Waals surface area contributed by atoms with Crippen LogP contribution in [0.5, 0.6) is 0 Å². The van der Waals surface area contributed by atoms with Gasteiger partial charge in [0, 0.05) is 10.6 Å². The maximum atomic E-state index is 14.0. The van der Waals surface area contributed by atoms with Gasteiger partial charge in [0.25, 0.3) is 5.91 Å². The summed E-state index contributed by atoms with van der Waals surface area (Å²) in [5, 5.41) is 15.9. The van der Waals surface area contributed by atoms with E-state index in [1.807, 2.05) is 66.7 Å². The number of hydrogen-bond acceptors (Lipinski definition) is 3. The molecule has 1 amide bonds. The lowest BCUT2D eigenvalue weighted by molar-refractivity contribution is -0.137. The number of halogens is 4. The minimum atomic E-state index is -4.48. The summed E-state index contributed by atoms with van der Waals surface area (Å²) >= 11 is 1.59. The summed E-state index contributed by atoms with van der Waals surface area (Å²) in [5.41, 5.74) is 1.32. The molecule has 42 heavy (non-hydrogen) atoms. The van der Waals surface area contributed by atoms with Crippen LogP contribution in [0.25, 0.3) is 10.8 Å². The molecule has 0 bridgehead atoms. The quantitative estimate of drug-likeness (QED) is 0.134. The van der Waals surface area contributed by atoms with Gasteiger partial charge in [0.15, 0.2) is 0 Å². The molecule has 8 heteroatoms. The predicted octanol–water partition coefficient (Wildman–Crippen LogP) is 8.36. The highest BCUT2D eigenvalue weighted by Gasteiger charge is 2.31. The number of benzene rings is 5. The fraction of sp³-hybridized carbons (Fsp3) is 0.147. The summed E-state index contributed by atoms with van der Waals surface area (Å²) in [5.74, 6) is -0.388. The third-order valence-electron chi connectivity index (χ3n) is 7.03. The van der Waals surface area contributed by atoms with Gasteiger partial charge in [0.05, 0.1) is 23.3 Å². The van der Waals surface area contributed by atoms with Crippen LogP contribution in [0.3, 0.4) is 0 Å². The highest BCUT2D eigenvalue weighted by molar-refractivity contribution is 7.98. The summed E-state index contributed by atoms with van der Waals surface area (Å²) in [6.45, 7) is 0. The zero-order valence-electron chi connectivity index (χ0n) is 22.3. The van der Waals surface area contributed by atoms with E-state index in [0.717, 1.165) is 33.4 Å². The van der Waals surface area contributed by atoms with E-state index in [9.17, 15) is 27.5 Å². The number of aliphatic hydroxyl groups excluding tert-OH is 1. The Morgan fingerprint density at radius 1 is 0.810 bits per heavy atom. The smallest absolute Gasteiger partial charge is 0.386 e. The number of carbonyl (C=O) groups excluding carboxylic acids is 1. The SMILES string of the molecule is O=C(NC(Cc1ccc(C(F)(F)F)cc1)C(O)c1ccc(F)cc1)c1c(CSc2ccccc2)ccc2ccccc12. The van der Waals surface area contributed by atoms with Crippen LogP contribution in [0.1, 0.15) is 38.7 Å². The third-order valence-corrected chi connectivity index (χ3v) is 8.09. The Morgan fingerprint density at radius 3 is 2.17 bits per heavy atom. The van der Waals surface area contributed by atoms with Gasteiger partial charge in [-0.15, -0.1) is 11.8 Å². The van der Waals surface area contributed by atoms with Gasteiger partial charge in [-0.05, 0) is 70.3 Å². The molecule has 0 saturated heterocycles. The first-order valence-corrected chi connectivity index (χ1v) is 14.3. The lowest BCUT2D eigenvalue weighted by Crippen LogP contribution is -2.41. The third kappa shape index (κ3) is 7.01. The molecule has 5 rings (SSSR count). The van der Waals surface area contributed by atoms with Crippen molar-refractivity contribution in [1.29, 1.82) is 0 Å². The van der Waals surface area contributed by atoms with Gasteiger partial charge in [-0.1, -0.05) is 78.9 Å². The first-order valence-electron chi connectivity index (χ1n) is 13.3. The van der Waals surface area contributed by atoms with E-state index in [1.165, 1.54) is 36.4 Å². The molecular formula is C34H27F4NO2S. The summed E-state index contributed by atoms with van der Waals surface area (Å²) in [7, 11) is 0. The van der Waals surface area contributed by atoms with Crippen LogP contribution in [0.2, 0.25) is 0 Å². The number of fused-ring (bicyclic) bond motifs is 1. The van der Waals surface area contributed by atoms with E-state index in [4.69, 9.17) is 0 Å². The number of nitrogens with one attached hydrogen (secondary N) is 1. The lowest BCUT2D eigenvalue weighted by Gasteiger charge is -2.26. The minimum absolute atomic E-state index is 0.0429. The molecule has 2 N–H and O–H groups in total. The van der Waals surface area contributed by atoms with Gasteiger partial charge in [-0.2, -0.15) is 13.2 Å². The first-order chi connectivity index (χ1) is 20.2. The van der Waals surface area contributed by atoms with Gasteiger partial charge in [0.2, 0.25) is 0 Å². The van der Waals surface area contributed by atoms with E-state index in [1.54, 1.807) is 11.8 Å². The number of alkyl halides is 3. The summed E-state index contributed by atoms with van der Waals surface area (Å²) in [6.07, 6.45) is -5.70. The van der Waals surface area contributed by atoms with Crippen molar-refractivity contribution in [2.45, 2.75) is 35.4 Å². The first kappa shape index (κ1) is 29.4. The van der Waals surface area contributed by atoms with Crippen molar-refractivity contribution in [3.05, 3.63) is 149 Å². The Balaban J connectivity index is 1.48. The maximum absolute atomic E-state index is 14.0. The molecule has 0 spiro atoms. The molecule has 2 atom stereocenters. The molecule has 0 aliphatic carbocycles. The second-order valence-corrected chi connectivity index (χ2v) is 10.9. The number of thioether (sulfide) groups is 1. The molecule has 5 aromatic rings. The van der Waals surface area contributed by atoms with Crippen LogP contribution >= 0.6 is 11.8 Å². The average Bonchev–Trinajstić information content (AvgIpc) is 2.99. The second kappa shape index (κ2) is 12.8. The lowest BCUT2D eigenvalue weighted by atomic mass is 9.94. The molecular weight excluding hydrogens is 562 g/mol. The summed E-state index contributed by atoms with van der Waals surface area (Å²) < 4.78 is 53.0. The molecule has 0 fully saturated rings. The van der Waals surface area contributed by atoms with Crippen LogP contribution in [0.4, 0.5) is 17.6 Å². The van der Waals surface area contributed by atoms with Crippen molar-refractivity contribution in [1.82, 2.24) is 5.32 Å². The summed E-state index contributed by atoms with van der Waals surface area (Å²) in [6, 6.07) is 30.1. The maximum Gasteiger partial charge on any atom is 0.416 e. The fourth-order valence-electron chi connectivity index (χ4n) is 4.84.